The van der Waals surface area contributed by atoms with Gasteiger partial charge in [-0.3, -0.25) is 14.2 Å². The highest BCUT2D eigenvalue weighted by Gasteiger charge is 2.22. The summed E-state index contributed by atoms with van der Waals surface area (Å²) in [5.74, 6) is -0.565. The molecule has 0 atom stereocenters. The Kier molecular flexibility index (Phi) is 4.74. The molecule has 1 aromatic heterocycles. The predicted molar refractivity (Wildman–Crippen MR) is 100 cm³/mol. The number of fused-ring (bicyclic) bond motifs is 1. The third-order valence-electron chi connectivity index (χ3n) is 4.49. The summed E-state index contributed by atoms with van der Waals surface area (Å²) in [5.41, 5.74) is 3.14. The standard InChI is InChI=1S/C20H18ClNO4/c1-11-8-13(21)4-6-15(11)20(25)22-12(2)16(10-19(23)24)17-9-14(26-3)5-7-18(17)22/h4-9H,10H2,1-3H3,(H,23,24). The van der Waals surface area contributed by atoms with Crippen LogP contribution in [0, 0.1) is 13.8 Å². The number of ether oxygens (including phenoxy) is 1. The van der Waals surface area contributed by atoms with Crippen molar-refractivity contribution in [1.29, 1.82) is 0 Å². The SMILES string of the molecule is COc1ccc2c(c1)c(CC(=O)O)c(C)n2C(=O)c1ccc(Cl)cc1C. The van der Waals surface area contributed by atoms with Crippen molar-refractivity contribution in [2.75, 3.05) is 7.11 Å². The van der Waals surface area contributed by atoms with Gasteiger partial charge in [-0.05, 0) is 61.4 Å². The minimum atomic E-state index is -0.954. The molecule has 5 nitrogen and oxygen atoms in total. The molecule has 6 heteroatoms. The lowest BCUT2D eigenvalue weighted by Gasteiger charge is -2.10. The van der Waals surface area contributed by atoms with E-state index in [0.717, 1.165) is 5.56 Å². The van der Waals surface area contributed by atoms with E-state index >= 15 is 0 Å². The first kappa shape index (κ1) is 18.0. The van der Waals surface area contributed by atoms with Gasteiger partial charge in [-0.15, -0.1) is 0 Å². The summed E-state index contributed by atoms with van der Waals surface area (Å²) in [4.78, 5) is 24.5. The van der Waals surface area contributed by atoms with Gasteiger partial charge in [-0.25, -0.2) is 0 Å². The average Bonchev–Trinajstić information content (AvgIpc) is 2.85. The lowest BCUT2D eigenvalue weighted by molar-refractivity contribution is -0.136. The molecule has 0 unspecified atom stereocenters. The van der Waals surface area contributed by atoms with Crippen LogP contribution < -0.4 is 4.74 Å². The lowest BCUT2D eigenvalue weighted by Crippen LogP contribution is -2.15. The second-order valence-electron chi connectivity index (χ2n) is 6.12. The molecule has 134 valence electrons. The number of carbonyl (C=O) groups excluding carboxylic acids is 1. The van der Waals surface area contributed by atoms with Crippen LogP contribution in [0.4, 0.5) is 0 Å². The summed E-state index contributed by atoms with van der Waals surface area (Å²) in [7, 11) is 1.55. The van der Waals surface area contributed by atoms with E-state index in [9.17, 15) is 14.7 Å². The Balaban J connectivity index is 2.26. The van der Waals surface area contributed by atoms with Crippen molar-refractivity contribution in [1.82, 2.24) is 4.57 Å². The fraction of sp³-hybridized carbons (Fsp3) is 0.200. The van der Waals surface area contributed by atoms with Gasteiger partial charge in [-0.2, -0.15) is 0 Å². The summed E-state index contributed by atoms with van der Waals surface area (Å²) >= 11 is 5.99. The number of carboxylic acids is 1. The zero-order valence-corrected chi connectivity index (χ0v) is 15.4. The molecule has 0 amide bonds. The van der Waals surface area contributed by atoms with Gasteiger partial charge in [0.1, 0.15) is 5.75 Å². The maximum absolute atomic E-state index is 13.2. The van der Waals surface area contributed by atoms with Gasteiger partial charge in [0.25, 0.3) is 5.91 Å². The van der Waals surface area contributed by atoms with Crippen LogP contribution in [-0.2, 0) is 11.2 Å². The molecule has 0 spiro atoms. The summed E-state index contributed by atoms with van der Waals surface area (Å²) in [6.45, 7) is 3.58. The number of halogens is 1. The third-order valence-corrected chi connectivity index (χ3v) is 4.73. The molecule has 0 bridgehead atoms. The molecule has 0 aliphatic rings. The maximum atomic E-state index is 13.2. The number of benzene rings is 2. The molecule has 3 rings (SSSR count). The van der Waals surface area contributed by atoms with Crippen molar-refractivity contribution >= 4 is 34.4 Å². The Hall–Kier alpha value is -2.79. The zero-order chi connectivity index (χ0) is 19.0. The number of carbonyl (C=O) groups is 2. The van der Waals surface area contributed by atoms with E-state index in [0.29, 0.717) is 38.5 Å². The zero-order valence-electron chi connectivity index (χ0n) is 14.7. The predicted octanol–water partition coefficient (Wildman–Crippen LogP) is 4.24. The molecular weight excluding hydrogens is 354 g/mol. The second-order valence-corrected chi connectivity index (χ2v) is 6.55. The maximum Gasteiger partial charge on any atom is 0.307 e. The van der Waals surface area contributed by atoms with Gasteiger partial charge >= 0.3 is 5.97 Å². The summed E-state index contributed by atoms with van der Waals surface area (Å²) in [5, 5.41) is 10.5. The first-order valence-electron chi connectivity index (χ1n) is 8.04. The van der Waals surface area contributed by atoms with Gasteiger partial charge < -0.3 is 9.84 Å². The monoisotopic (exact) mass is 371 g/mol. The van der Waals surface area contributed by atoms with Crippen molar-refractivity contribution in [2.45, 2.75) is 20.3 Å². The number of aliphatic carboxylic acids is 1. The number of hydrogen-bond acceptors (Lipinski definition) is 3. The van der Waals surface area contributed by atoms with E-state index in [2.05, 4.69) is 0 Å². The van der Waals surface area contributed by atoms with Crippen LogP contribution in [0.3, 0.4) is 0 Å². The van der Waals surface area contributed by atoms with E-state index in [1.807, 2.05) is 6.92 Å². The highest BCUT2D eigenvalue weighted by molar-refractivity contribution is 6.30. The number of nitrogens with zero attached hydrogens (tertiary/aromatic N) is 1. The van der Waals surface area contributed by atoms with Crippen molar-refractivity contribution in [3.8, 4) is 5.75 Å². The van der Waals surface area contributed by atoms with Gasteiger partial charge in [-0.1, -0.05) is 11.6 Å². The largest absolute Gasteiger partial charge is 0.497 e. The topological polar surface area (TPSA) is 68.5 Å². The minimum Gasteiger partial charge on any atom is -0.497 e. The fourth-order valence-electron chi connectivity index (χ4n) is 3.21. The minimum absolute atomic E-state index is 0.171. The van der Waals surface area contributed by atoms with Crippen LogP contribution >= 0.6 is 11.6 Å². The van der Waals surface area contributed by atoms with E-state index in [-0.39, 0.29) is 12.3 Å². The number of hydrogen-bond donors (Lipinski definition) is 1. The number of rotatable bonds is 4. The highest BCUT2D eigenvalue weighted by Crippen LogP contribution is 2.31. The summed E-state index contributed by atoms with van der Waals surface area (Å²) < 4.78 is 6.81. The summed E-state index contributed by atoms with van der Waals surface area (Å²) in [6.07, 6.45) is -0.171. The first-order chi connectivity index (χ1) is 12.3. The molecule has 0 aliphatic carbocycles. The van der Waals surface area contributed by atoms with Gasteiger partial charge in [0.2, 0.25) is 0 Å². The van der Waals surface area contributed by atoms with Crippen molar-refractivity contribution in [3.05, 3.63) is 63.8 Å². The van der Waals surface area contributed by atoms with Crippen LogP contribution in [0.5, 0.6) is 5.75 Å². The van der Waals surface area contributed by atoms with Gasteiger partial charge in [0, 0.05) is 21.7 Å². The molecule has 0 saturated carbocycles. The van der Waals surface area contributed by atoms with Crippen molar-refractivity contribution in [3.63, 3.8) is 0 Å². The molecule has 0 saturated heterocycles. The van der Waals surface area contributed by atoms with E-state index in [1.165, 1.54) is 0 Å². The van der Waals surface area contributed by atoms with Crippen LogP contribution in [0.25, 0.3) is 10.9 Å². The smallest absolute Gasteiger partial charge is 0.307 e. The molecule has 0 fully saturated rings. The Morgan fingerprint density at radius 3 is 2.50 bits per heavy atom. The summed E-state index contributed by atoms with van der Waals surface area (Å²) in [6, 6.07) is 10.4. The average molecular weight is 372 g/mol. The first-order valence-corrected chi connectivity index (χ1v) is 8.42. The number of carboxylic acid groups (broad SMARTS) is 1. The molecule has 1 heterocycles. The van der Waals surface area contributed by atoms with Crippen molar-refractivity contribution < 1.29 is 19.4 Å². The molecule has 26 heavy (non-hydrogen) atoms. The van der Waals surface area contributed by atoms with Crippen LogP contribution in [0.2, 0.25) is 5.02 Å². The normalized spacial score (nSPS) is 10.9. The highest BCUT2D eigenvalue weighted by atomic mass is 35.5. The van der Waals surface area contributed by atoms with Crippen LogP contribution in [-0.4, -0.2) is 28.7 Å². The quantitative estimate of drug-likeness (QED) is 0.745. The number of aromatic nitrogens is 1. The molecule has 1 N–H and O–H groups in total. The van der Waals surface area contributed by atoms with E-state index < -0.39 is 5.97 Å². The molecule has 2 aromatic carbocycles. The van der Waals surface area contributed by atoms with Crippen molar-refractivity contribution in [2.24, 2.45) is 0 Å². The second kappa shape index (κ2) is 6.84. The lowest BCUT2D eigenvalue weighted by atomic mass is 10.1. The fourth-order valence-corrected chi connectivity index (χ4v) is 3.44. The Morgan fingerprint density at radius 2 is 1.88 bits per heavy atom. The van der Waals surface area contributed by atoms with Gasteiger partial charge in [0.05, 0.1) is 19.0 Å². The molecule has 0 aliphatic heterocycles. The van der Waals surface area contributed by atoms with Gasteiger partial charge in [0.15, 0.2) is 0 Å². The molecule has 0 radical (unpaired) electrons. The molecule has 3 aromatic rings. The number of aryl methyl sites for hydroxylation is 1. The van der Waals surface area contributed by atoms with E-state index in [4.69, 9.17) is 16.3 Å². The van der Waals surface area contributed by atoms with Crippen LogP contribution in [0.15, 0.2) is 36.4 Å². The van der Waals surface area contributed by atoms with E-state index in [1.54, 1.807) is 55.0 Å². The third kappa shape index (κ3) is 3.06. The van der Waals surface area contributed by atoms with Crippen LogP contribution in [0.1, 0.15) is 27.2 Å². The Morgan fingerprint density at radius 1 is 1.15 bits per heavy atom. The number of methoxy groups -OCH3 is 1. The Labute approximate surface area is 155 Å². The Bertz CT molecular complexity index is 1040. The molecular formula is C20H18ClNO4.